The zero-order chi connectivity index (χ0) is 31.3. The highest BCUT2D eigenvalue weighted by Gasteiger charge is 2.33. The van der Waals surface area contributed by atoms with Crippen molar-refractivity contribution < 1.29 is 0 Å². The van der Waals surface area contributed by atoms with E-state index in [1.807, 2.05) is 0 Å². The Hall–Kier alpha value is -2.05. The first-order valence-corrected chi connectivity index (χ1v) is 16.9. The molecule has 0 amide bonds. The lowest BCUT2D eigenvalue weighted by Gasteiger charge is -2.33. The van der Waals surface area contributed by atoms with Gasteiger partial charge in [0, 0.05) is 0 Å². The fourth-order valence-electron chi connectivity index (χ4n) is 7.08. The van der Waals surface area contributed by atoms with Crippen molar-refractivity contribution >= 4 is 11.6 Å². The van der Waals surface area contributed by atoms with Gasteiger partial charge >= 0.3 is 0 Å². The van der Waals surface area contributed by atoms with Crippen molar-refractivity contribution in [3.8, 4) is 22.3 Å². The Bertz CT molecular complexity index is 1280. The highest BCUT2D eigenvalue weighted by molar-refractivity contribution is 6.24. The van der Waals surface area contributed by atoms with Gasteiger partial charge in [-0.2, -0.15) is 0 Å². The average Bonchev–Trinajstić information content (AvgIpc) is 2.89. The summed E-state index contributed by atoms with van der Waals surface area (Å²) in [5.41, 5.74) is 11.4. The molecule has 0 bridgehead atoms. The molecule has 0 saturated heterocycles. The minimum atomic E-state index is -0.333. The smallest absolute Gasteiger partial charge is 0.0697 e. The maximum absolute atomic E-state index is 7.27. The van der Waals surface area contributed by atoms with Crippen LogP contribution >= 0.6 is 11.6 Å². The first-order valence-electron chi connectivity index (χ1n) is 16.5. The van der Waals surface area contributed by atoms with Crippen LogP contribution in [0.15, 0.2) is 60.7 Å². The molecule has 0 saturated carbocycles. The number of halogens is 1. The quantitative estimate of drug-likeness (QED) is 0.146. The fourth-order valence-corrected chi connectivity index (χ4v) is 7.61. The molecule has 0 radical (unpaired) electrons. The van der Waals surface area contributed by atoms with Crippen molar-refractivity contribution in [2.24, 2.45) is 10.8 Å². The van der Waals surface area contributed by atoms with Crippen LogP contribution in [-0.2, 0) is 16.7 Å². The van der Waals surface area contributed by atoms with Gasteiger partial charge in [0.05, 0.1) is 4.87 Å². The SMILES string of the molecule is CCCCCCc1c(-c2ccc(C(C)(C)CC(C)(C)C)cc2)cc(C)cc1-c1ccc(C(Cl)(CC)CC(C)(C)C)cc1. The molecule has 0 heterocycles. The number of hydrogen-bond donors (Lipinski definition) is 0. The molecule has 42 heavy (non-hydrogen) atoms. The van der Waals surface area contributed by atoms with E-state index in [-0.39, 0.29) is 15.7 Å². The van der Waals surface area contributed by atoms with E-state index in [1.54, 1.807) is 0 Å². The predicted molar refractivity (Wildman–Crippen MR) is 189 cm³/mol. The molecule has 0 aliphatic heterocycles. The molecule has 3 aromatic carbocycles. The summed E-state index contributed by atoms with van der Waals surface area (Å²) in [5, 5.41) is 0. The average molecular weight is 587 g/mol. The molecule has 3 rings (SSSR count). The molecule has 3 aromatic rings. The van der Waals surface area contributed by atoms with Gasteiger partial charge in [-0.25, -0.2) is 0 Å². The number of alkyl halides is 1. The van der Waals surface area contributed by atoms with Crippen LogP contribution < -0.4 is 0 Å². The molecule has 1 heteroatoms. The molecular formula is C41H59Cl. The van der Waals surface area contributed by atoms with Gasteiger partial charge in [-0.3, -0.25) is 0 Å². The third-order valence-corrected chi connectivity index (χ3v) is 9.33. The van der Waals surface area contributed by atoms with Crippen LogP contribution in [0.25, 0.3) is 22.3 Å². The first-order chi connectivity index (χ1) is 19.5. The Morgan fingerprint density at radius 2 is 1.07 bits per heavy atom. The maximum Gasteiger partial charge on any atom is 0.0697 e. The van der Waals surface area contributed by atoms with Crippen LogP contribution in [0.4, 0.5) is 0 Å². The molecule has 0 nitrogen and oxygen atoms in total. The van der Waals surface area contributed by atoms with E-state index in [4.69, 9.17) is 11.6 Å². The lowest BCUT2D eigenvalue weighted by Crippen LogP contribution is -2.25. The van der Waals surface area contributed by atoms with Crippen LogP contribution in [0.3, 0.4) is 0 Å². The van der Waals surface area contributed by atoms with Crippen molar-refractivity contribution in [3.63, 3.8) is 0 Å². The molecule has 0 N–H and O–H groups in total. The van der Waals surface area contributed by atoms with E-state index < -0.39 is 0 Å². The van der Waals surface area contributed by atoms with E-state index in [9.17, 15) is 0 Å². The second-order valence-electron chi connectivity index (χ2n) is 16.0. The highest BCUT2D eigenvalue weighted by atomic mass is 35.5. The Labute approximate surface area is 264 Å². The van der Waals surface area contributed by atoms with Crippen molar-refractivity contribution in [2.75, 3.05) is 0 Å². The summed E-state index contributed by atoms with van der Waals surface area (Å²) >= 11 is 7.27. The fraction of sp³-hybridized carbons (Fsp3) is 0.561. The second-order valence-corrected chi connectivity index (χ2v) is 16.7. The lowest BCUT2D eigenvalue weighted by molar-refractivity contribution is 0.284. The summed E-state index contributed by atoms with van der Waals surface area (Å²) in [6, 6.07) is 23.5. The van der Waals surface area contributed by atoms with E-state index in [2.05, 4.69) is 137 Å². The van der Waals surface area contributed by atoms with Crippen molar-refractivity contribution in [1.29, 1.82) is 0 Å². The number of benzene rings is 3. The standard InChI is InChI=1S/C41H59Cl/c1-12-14-15-16-17-35-36(31-18-22-33(23-19-31)40(10,11)28-38(4,5)6)26-30(3)27-37(35)32-20-24-34(25-21-32)41(42,13-2)29-39(7,8)9/h18-27H,12-17,28-29H2,1-11H3. The third-order valence-electron chi connectivity index (χ3n) is 8.71. The van der Waals surface area contributed by atoms with E-state index >= 15 is 0 Å². The first kappa shape index (κ1) is 34.4. The van der Waals surface area contributed by atoms with Gasteiger partial charge in [-0.15, -0.1) is 11.6 Å². The Morgan fingerprint density at radius 1 is 0.595 bits per heavy atom. The van der Waals surface area contributed by atoms with Crippen LogP contribution in [0, 0.1) is 17.8 Å². The monoisotopic (exact) mass is 586 g/mol. The van der Waals surface area contributed by atoms with Gasteiger partial charge in [-0.05, 0) is 99.8 Å². The van der Waals surface area contributed by atoms with Crippen LogP contribution in [0.2, 0.25) is 0 Å². The molecule has 1 unspecified atom stereocenters. The molecule has 0 aliphatic rings. The normalized spacial score (nSPS) is 14.2. The second kappa shape index (κ2) is 13.7. The van der Waals surface area contributed by atoms with Gasteiger partial charge in [0.2, 0.25) is 0 Å². The zero-order valence-electron chi connectivity index (χ0n) is 28.8. The summed E-state index contributed by atoms with van der Waals surface area (Å²) < 4.78 is 0. The Balaban J connectivity index is 2.07. The third kappa shape index (κ3) is 9.22. The van der Waals surface area contributed by atoms with E-state index in [0.29, 0.717) is 5.41 Å². The molecular weight excluding hydrogens is 528 g/mol. The molecule has 230 valence electrons. The van der Waals surface area contributed by atoms with Crippen molar-refractivity contribution in [2.45, 2.75) is 138 Å². The summed E-state index contributed by atoms with van der Waals surface area (Å²) in [6.45, 7) is 25.4. The van der Waals surface area contributed by atoms with Gasteiger partial charge in [0.25, 0.3) is 0 Å². The molecule has 0 aromatic heterocycles. The topological polar surface area (TPSA) is 0 Å². The minimum Gasteiger partial charge on any atom is -0.114 e. The van der Waals surface area contributed by atoms with Crippen LogP contribution in [0.5, 0.6) is 0 Å². The van der Waals surface area contributed by atoms with E-state index in [1.165, 1.54) is 70.2 Å². The summed E-state index contributed by atoms with van der Waals surface area (Å²) in [7, 11) is 0. The lowest BCUT2D eigenvalue weighted by atomic mass is 9.72. The Morgan fingerprint density at radius 3 is 1.50 bits per heavy atom. The summed E-state index contributed by atoms with van der Waals surface area (Å²) in [6.07, 6.45) is 9.19. The number of aryl methyl sites for hydroxylation is 1. The van der Waals surface area contributed by atoms with Crippen LogP contribution in [0.1, 0.15) is 136 Å². The van der Waals surface area contributed by atoms with Gasteiger partial charge in [-0.1, -0.05) is 149 Å². The maximum atomic E-state index is 7.27. The minimum absolute atomic E-state index is 0.141. The van der Waals surface area contributed by atoms with Gasteiger partial charge in [0.15, 0.2) is 0 Å². The van der Waals surface area contributed by atoms with Gasteiger partial charge < -0.3 is 0 Å². The molecule has 0 aliphatic carbocycles. The zero-order valence-corrected chi connectivity index (χ0v) is 29.6. The summed E-state index contributed by atoms with van der Waals surface area (Å²) in [5.74, 6) is 0. The van der Waals surface area contributed by atoms with E-state index in [0.717, 1.165) is 25.7 Å². The van der Waals surface area contributed by atoms with Gasteiger partial charge in [0.1, 0.15) is 0 Å². The number of rotatable bonds is 12. The molecule has 0 spiro atoms. The number of unbranched alkanes of at least 4 members (excludes halogenated alkanes) is 3. The summed E-state index contributed by atoms with van der Waals surface area (Å²) in [4.78, 5) is -0.333. The predicted octanol–water partition coefficient (Wildman–Crippen LogP) is 13.4. The molecule has 1 atom stereocenters. The van der Waals surface area contributed by atoms with Crippen LogP contribution in [-0.4, -0.2) is 0 Å². The molecule has 0 fully saturated rings. The largest absolute Gasteiger partial charge is 0.114 e. The van der Waals surface area contributed by atoms with Crippen molar-refractivity contribution in [3.05, 3.63) is 82.9 Å². The Kier molecular flexibility index (Phi) is 11.2. The number of hydrogen-bond acceptors (Lipinski definition) is 0. The highest BCUT2D eigenvalue weighted by Crippen LogP contribution is 2.44. The van der Waals surface area contributed by atoms with Crippen molar-refractivity contribution in [1.82, 2.24) is 0 Å².